The second-order valence-corrected chi connectivity index (χ2v) is 10.4. The summed E-state index contributed by atoms with van der Waals surface area (Å²) in [4.78, 5) is 0. The Labute approximate surface area is 170 Å². The number of benzene rings is 4. The molecule has 29 heavy (non-hydrogen) atoms. The molecule has 0 aliphatic rings. The van der Waals surface area contributed by atoms with Gasteiger partial charge in [-0.05, 0) is 0 Å². The molecule has 152 valence electrons. The molecule has 0 atom stereocenters. The van der Waals surface area contributed by atoms with E-state index in [1.165, 1.54) is 0 Å². The van der Waals surface area contributed by atoms with E-state index in [-0.39, 0.29) is 16.4 Å². The van der Waals surface area contributed by atoms with Gasteiger partial charge in [0, 0.05) is 0 Å². The molecule has 0 radical (unpaired) electrons. The minimum atomic E-state index is -4.32. The number of rotatable bonds is 4. The van der Waals surface area contributed by atoms with Gasteiger partial charge >= 0.3 is 154 Å². The molecule has 4 aromatic rings. The van der Waals surface area contributed by atoms with Crippen molar-refractivity contribution in [3.05, 3.63) is 121 Å². The van der Waals surface area contributed by atoms with Gasteiger partial charge in [-0.3, -0.25) is 0 Å². The standard InChI is InChI=1S/C24H20FP.3H2O/c25-26(21-13-5-1-6-14-21,22-15-7-2-8-16-22,23-17-9-3-10-18-23)24-19-11-4-12-20-24;;;/h1-20H;3*1H2. The van der Waals surface area contributed by atoms with Crippen molar-refractivity contribution in [3.63, 3.8) is 0 Å². The molecule has 0 aliphatic heterocycles. The fourth-order valence-corrected chi connectivity index (χ4v) is 8.44. The Hall–Kier alpha value is -2.88. The van der Waals surface area contributed by atoms with Gasteiger partial charge in [0.2, 0.25) is 0 Å². The normalized spacial score (nSPS) is 11.6. The van der Waals surface area contributed by atoms with E-state index in [1.807, 2.05) is 121 Å². The zero-order valence-corrected chi connectivity index (χ0v) is 16.8. The SMILES string of the molecule is FP(c1ccccc1)(c1ccccc1)(c1ccccc1)c1ccccc1.O.O.O. The third-order valence-corrected chi connectivity index (χ3v) is 10.0. The van der Waals surface area contributed by atoms with E-state index in [1.54, 1.807) is 0 Å². The molecule has 0 aliphatic carbocycles. The van der Waals surface area contributed by atoms with Crippen molar-refractivity contribution in [2.24, 2.45) is 0 Å². The van der Waals surface area contributed by atoms with Crippen LogP contribution in [0.5, 0.6) is 0 Å². The summed E-state index contributed by atoms with van der Waals surface area (Å²) in [6.07, 6.45) is 0. The van der Waals surface area contributed by atoms with E-state index in [9.17, 15) is 0 Å². The van der Waals surface area contributed by atoms with E-state index in [0.29, 0.717) is 0 Å². The summed E-state index contributed by atoms with van der Waals surface area (Å²) in [5.74, 6) is 0. The van der Waals surface area contributed by atoms with E-state index >= 15 is 4.20 Å². The van der Waals surface area contributed by atoms with Gasteiger partial charge in [0.1, 0.15) is 0 Å². The van der Waals surface area contributed by atoms with Crippen LogP contribution in [-0.2, 0) is 0 Å². The molecule has 4 rings (SSSR count). The first-order valence-electron chi connectivity index (χ1n) is 8.71. The average molecular weight is 412 g/mol. The molecule has 0 bridgehead atoms. The Bertz CT molecular complexity index is 828. The number of hydrogen-bond donors (Lipinski definition) is 0. The minimum absolute atomic E-state index is 0. The molecule has 3 nitrogen and oxygen atoms in total. The minimum Gasteiger partial charge on any atom is -0.412 e. The van der Waals surface area contributed by atoms with Crippen LogP contribution >= 0.6 is 6.91 Å². The Morgan fingerprint density at radius 3 is 0.690 bits per heavy atom. The number of hydrogen-bond acceptors (Lipinski definition) is 0. The summed E-state index contributed by atoms with van der Waals surface area (Å²) < 4.78 is 18.2. The van der Waals surface area contributed by atoms with Crippen molar-refractivity contribution < 1.29 is 20.6 Å². The van der Waals surface area contributed by atoms with Crippen LogP contribution in [0.1, 0.15) is 0 Å². The third-order valence-electron chi connectivity index (χ3n) is 4.96. The van der Waals surface area contributed by atoms with Crippen LogP contribution < -0.4 is 21.2 Å². The molecule has 0 aromatic heterocycles. The maximum absolute atomic E-state index is 18.2. The fourth-order valence-electron chi connectivity index (χ4n) is 3.73. The van der Waals surface area contributed by atoms with E-state index in [2.05, 4.69) is 0 Å². The molecule has 5 heteroatoms. The van der Waals surface area contributed by atoms with Crippen LogP contribution in [0.15, 0.2) is 121 Å². The summed E-state index contributed by atoms with van der Waals surface area (Å²) >= 11 is 0. The van der Waals surface area contributed by atoms with Gasteiger partial charge in [-0.15, -0.1) is 0 Å². The van der Waals surface area contributed by atoms with Crippen molar-refractivity contribution >= 4 is 28.1 Å². The number of halogens is 1. The van der Waals surface area contributed by atoms with Crippen LogP contribution in [-0.4, -0.2) is 16.4 Å². The predicted octanol–water partition coefficient (Wildman–Crippen LogP) is 2.25. The smallest absolute Gasteiger partial charge is 0.412 e. The molecule has 6 N–H and O–H groups in total. The van der Waals surface area contributed by atoms with Gasteiger partial charge in [-0.2, -0.15) is 0 Å². The molecule has 0 saturated heterocycles. The molecule has 0 amide bonds. The summed E-state index contributed by atoms with van der Waals surface area (Å²) in [5.41, 5.74) is 0. The topological polar surface area (TPSA) is 94.5 Å². The van der Waals surface area contributed by atoms with Gasteiger partial charge in [0.05, 0.1) is 0 Å². The van der Waals surface area contributed by atoms with Gasteiger partial charge in [-0.1, -0.05) is 0 Å². The van der Waals surface area contributed by atoms with Crippen LogP contribution in [0.25, 0.3) is 0 Å². The maximum atomic E-state index is 18.2. The first-order chi connectivity index (χ1) is 12.7. The van der Waals surface area contributed by atoms with Gasteiger partial charge in [0.15, 0.2) is 0 Å². The Morgan fingerprint density at radius 2 is 0.517 bits per heavy atom. The largest absolute Gasteiger partial charge is 0.412 e. The molecule has 0 saturated carbocycles. The molecule has 4 aromatic carbocycles. The summed E-state index contributed by atoms with van der Waals surface area (Å²) in [6, 6.07) is 38.5. The first kappa shape index (κ1) is 24.2. The van der Waals surface area contributed by atoms with Crippen molar-refractivity contribution in [2.45, 2.75) is 0 Å². The average Bonchev–Trinajstić information content (AvgIpc) is 2.76. The Kier molecular flexibility index (Phi) is 7.96. The molecule has 0 unspecified atom stereocenters. The van der Waals surface area contributed by atoms with E-state index in [0.717, 1.165) is 21.2 Å². The van der Waals surface area contributed by atoms with Crippen molar-refractivity contribution in [1.29, 1.82) is 0 Å². The second kappa shape index (κ2) is 9.55. The van der Waals surface area contributed by atoms with Gasteiger partial charge in [-0.25, -0.2) is 0 Å². The molecule has 0 heterocycles. The quantitative estimate of drug-likeness (QED) is 0.460. The predicted molar refractivity (Wildman–Crippen MR) is 123 cm³/mol. The third kappa shape index (κ3) is 3.59. The van der Waals surface area contributed by atoms with Crippen molar-refractivity contribution in [3.8, 4) is 0 Å². The zero-order chi connectivity index (χ0) is 17.9. The first-order valence-corrected chi connectivity index (χ1v) is 10.8. The fraction of sp³-hybridized carbons (Fsp3) is 0. The molecule has 0 spiro atoms. The van der Waals surface area contributed by atoms with Gasteiger partial charge in [0.25, 0.3) is 0 Å². The summed E-state index contributed by atoms with van der Waals surface area (Å²) in [7, 11) is 0. The van der Waals surface area contributed by atoms with E-state index < -0.39 is 6.91 Å². The Morgan fingerprint density at radius 1 is 0.345 bits per heavy atom. The van der Waals surface area contributed by atoms with Crippen LogP contribution in [0.3, 0.4) is 0 Å². The van der Waals surface area contributed by atoms with Crippen LogP contribution in [0, 0.1) is 0 Å². The van der Waals surface area contributed by atoms with E-state index in [4.69, 9.17) is 0 Å². The van der Waals surface area contributed by atoms with Gasteiger partial charge < -0.3 is 16.4 Å². The van der Waals surface area contributed by atoms with Crippen molar-refractivity contribution in [1.82, 2.24) is 0 Å². The Balaban J connectivity index is 0.00000140. The molecule has 0 fully saturated rings. The molecular formula is C24H26FO3P. The maximum Gasteiger partial charge on any atom is -0.412 e. The second-order valence-electron chi connectivity index (χ2n) is 6.35. The van der Waals surface area contributed by atoms with Crippen LogP contribution in [0.2, 0.25) is 0 Å². The summed E-state index contributed by atoms with van der Waals surface area (Å²) in [5, 5.41) is 2.90. The zero-order valence-electron chi connectivity index (χ0n) is 15.9. The van der Waals surface area contributed by atoms with Crippen LogP contribution in [0.4, 0.5) is 4.20 Å². The monoisotopic (exact) mass is 412 g/mol. The molecular weight excluding hydrogens is 386 g/mol. The summed E-state index contributed by atoms with van der Waals surface area (Å²) in [6.45, 7) is -4.32. The van der Waals surface area contributed by atoms with Crippen molar-refractivity contribution in [2.75, 3.05) is 0 Å².